The van der Waals surface area contributed by atoms with E-state index in [-0.39, 0.29) is 5.82 Å². The highest BCUT2D eigenvalue weighted by Crippen LogP contribution is 2.27. The summed E-state index contributed by atoms with van der Waals surface area (Å²) in [5.41, 5.74) is 5.21. The summed E-state index contributed by atoms with van der Waals surface area (Å²) in [6.07, 6.45) is 3.75. The number of halogens is 1. The van der Waals surface area contributed by atoms with Gasteiger partial charge in [0.25, 0.3) is 0 Å². The number of pyridine rings is 2. The zero-order chi connectivity index (χ0) is 17.4. The van der Waals surface area contributed by atoms with Crippen molar-refractivity contribution in [3.05, 3.63) is 84.4 Å². The maximum Gasteiger partial charge on any atom is 0.248 e. The molecule has 2 nitrogen and oxygen atoms in total. The summed E-state index contributed by atoms with van der Waals surface area (Å²) in [5.74, 6) is -0.234. The van der Waals surface area contributed by atoms with Crippen LogP contribution in [0.25, 0.3) is 33.3 Å². The molecule has 0 amide bonds. The van der Waals surface area contributed by atoms with Gasteiger partial charge in [0.1, 0.15) is 7.05 Å². The summed E-state index contributed by atoms with van der Waals surface area (Å²) in [6, 6.07) is 19.4. The molecule has 0 aliphatic rings. The second kappa shape index (κ2) is 6.10. The van der Waals surface area contributed by atoms with E-state index in [1.54, 1.807) is 12.3 Å². The van der Waals surface area contributed by atoms with Crippen molar-refractivity contribution in [1.82, 2.24) is 4.98 Å². The molecule has 25 heavy (non-hydrogen) atoms. The maximum absolute atomic E-state index is 14.9. The number of rotatable bonds is 2. The van der Waals surface area contributed by atoms with E-state index in [1.165, 1.54) is 0 Å². The molecule has 2 heterocycles. The molecule has 0 unspecified atom stereocenters. The molecule has 0 N–H and O–H groups in total. The molecule has 0 spiro atoms. The van der Waals surface area contributed by atoms with Crippen LogP contribution in [0.3, 0.4) is 0 Å². The molecule has 4 rings (SSSR count). The lowest BCUT2D eigenvalue weighted by atomic mass is 10.0. The van der Waals surface area contributed by atoms with Crippen molar-refractivity contribution in [2.24, 2.45) is 7.05 Å². The van der Waals surface area contributed by atoms with Crippen molar-refractivity contribution < 1.29 is 8.96 Å². The Morgan fingerprint density at radius 1 is 0.920 bits per heavy atom. The van der Waals surface area contributed by atoms with Crippen LogP contribution in [0.1, 0.15) is 5.56 Å². The van der Waals surface area contributed by atoms with Gasteiger partial charge in [0.05, 0.1) is 16.6 Å². The lowest BCUT2D eigenvalue weighted by molar-refractivity contribution is -0.661. The molecule has 0 aliphatic carbocycles. The first kappa shape index (κ1) is 15.5. The van der Waals surface area contributed by atoms with Crippen LogP contribution in [-0.4, -0.2) is 4.98 Å². The summed E-state index contributed by atoms with van der Waals surface area (Å²) in [5, 5.41) is 1.05. The van der Waals surface area contributed by atoms with E-state index < -0.39 is 0 Å². The Balaban J connectivity index is 1.86. The molecule has 4 aromatic rings. The van der Waals surface area contributed by atoms with Gasteiger partial charge in [0.15, 0.2) is 12.0 Å². The first-order valence-electron chi connectivity index (χ1n) is 8.24. The van der Waals surface area contributed by atoms with Gasteiger partial charge < -0.3 is 0 Å². The van der Waals surface area contributed by atoms with E-state index in [1.807, 2.05) is 79.3 Å². The predicted octanol–water partition coefficient (Wildman–Crippen LogP) is 4.84. The van der Waals surface area contributed by atoms with Crippen LogP contribution in [0.2, 0.25) is 0 Å². The van der Waals surface area contributed by atoms with E-state index in [2.05, 4.69) is 4.98 Å². The van der Waals surface area contributed by atoms with Gasteiger partial charge in [-0.25, -0.2) is 0 Å². The highest BCUT2D eigenvalue weighted by Gasteiger charge is 2.20. The fourth-order valence-corrected chi connectivity index (χ4v) is 3.23. The smallest absolute Gasteiger partial charge is 0.248 e. The molecule has 122 valence electrons. The molecule has 0 radical (unpaired) electrons. The van der Waals surface area contributed by atoms with Gasteiger partial charge >= 0.3 is 0 Å². The number of fused-ring (bicyclic) bond motifs is 1. The average Bonchev–Trinajstić information content (AvgIpc) is 2.62. The third kappa shape index (κ3) is 2.78. The first-order valence-corrected chi connectivity index (χ1v) is 8.24. The molecule has 0 fully saturated rings. The quantitative estimate of drug-likeness (QED) is 0.481. The van der Waals surface area contributed by atoms with Gasteiger partial charge in [-0.2, -0.15) is 8.96 Å². The number of aryl methyl sites for hydroxylation is 2. The zero-order valence-corrected chi connectivity index (χ0v) is 14.2. The van der Waals surface area contributed by atoms with Crippen LogP contribution in [0.5, 0.6) is 0 Å². The van der Waals surface area contributed by atoms with Gasteiger partial charge in [0, 0.05) is 17.1 Å². The van der Waals surface area contributed by atoms with Gasteiger partial charge in [-0.1, -0.05) is 36.4 Å². The predicted molar refractivity (Wildman–Crippen MR) is 98.5 cm³/mol. The van der Waals surface area contributed by atoms with Crippen molar-refractivity contribution in [2.75, 3.05) is 0 Å². The summed E-state index contributed by atoms with van der Waals surface area (Å²) in [4.78, 5) is 4.48. The Morgan fingerprint density at radius 3 is 2.48 bits per heavy atom. The van der Waals surface area contributed by atoms with Crippen LogP contribution < -0.4 is 4.57 Å². The molecule has 0 bridgehead atoms. The summed E-state index contributed by atoms with van der Waals surface area (Å²) in [7, 11) is 1.88. The van der Waals surface area contributed by atoms with Crippen LogP contribution in [0, 0.1) is 12.7 Å². The minimum Gasteiger partial charge on any atom is -0.256 e. The number of hydrogen-bond donors (Lipinski definition) is 0. The largest absolute Gasteiger partial charge is 0.256 e. The third-order valence-electron chi connectivity index (χ3n) is 4.52. The van der Waals surface area contributed by atoms with Gasteiger partial charge in [-0.05, 0) is 36.8 Å². The van der Waals surface area contributed by atoms with E-state index >= 15 is 0 Å². The van der Waals surface area contributed by atoms with E-state index in [4.69, 9.17) is 0 Å². The number of hydrogen-bond acceptors (Lipinski definition) is 1. The van der Waals surface area contributed by atoms with Crippen LogP contribution in [0.4, 0.5) is 4.39 Å². The number of para-hydroxylation sites is 1. The van der Waals surface area contributed by atoms with Gasteiger partial charge in [-0.3, -0.25) is 4.98 Å². The van der Waals surface area contributed by atoms with Crippen molar-refractivity contribution >= 4 is 10.9 Å². The summed E-state index contributed by atoms with van der Waals surface area (Å²) >= 11 is 0. The van der Waals surface area contributed by atoms with Crippen molar-refractivity contribution in [3.8, 4) is 22.4 Å². The maximum atomic E-state index is 14.9. The number of aromatic nitrogens is 2. The first-order chi connectivity index (χ1) is 12.1. The van der Waals surface area contributed by atoms with E-state index in [0.717, 1.165) is 33.2 Å². The number of benzene rings is 2. The Bertz CT molecular complexity index is 1060. The van der Waals surface area contributed by atoms with E-state index in [9.17, 15) is 4.39 Å². The molecule has 0 aliphatic heterocycles. The van der Waals surface area contributed by atoms with E-state index in [0.29, 0.717) is 5.69 Å². The molecular formula is C22H18FN2+. The normalized spacial score (nSPS) is 11.0. The average molecular weight is 329 g/mol. The molecule has 2 aromatic carbocycles. The van der Waals surface area contributed by atoms with Gasteiger partial charge in [0.2, 0.25) is 5.69 Å². The minimum absolute atomic E-state index is 0.234. The highest BCUT2D eigenvalue weighted by atomic mass is 19.1. The molecule has 0 atom stereocenters. The second-order valence-electron chi connectivity index (χ2n) is 6.27. The fourth-order valence-electron chi connectivity index (χ4n) is 3.23. The second-order valence-corrected chi connectivity index (χ2v) is 6.27. The topological polar surface area (TPSA) is 16.8 Å². The SMILES string of the molecule is Cc1ccccc1-c1c(F)cc(-c2cnc3ccccc3c2)c[n+]1C. The summed E-state index contributed by atoms with van der Waals surface area (Å²) in [6.45, 7) is 2.00. The minimum atomic E-state index is -0.234. The fraction of sp³-hybridized carbons (Fsp3) is 0.0909. The zero-order valence-electron chi connectivity index (χ0n) is 14.2. The highest BCUT2D eigenvalue weighted by molar-refractivity contribution is 5.83. The molecule has 0 saturated heterocycles. The lowest BCUT2D eigenvalue weighted by Crippen LogP contribution is -2.32. The molecule has 3 heteroatoms. The van der Waals surface area contributed by atoms with Crippen LogP contribution >= 0.6 is 0 Å². The standard InChI is InChI=1S/C22H18FN2/c1-15-7-3-5-9-19(15)22-20(23)12-18(14-25(22)2)17-11-16-8-4-6-10-21(16)24-13-17/h3-14H,1-2H3/q+1. The van der Waals surface area contributed by atoms with Crippen molar-refractivity contribution in [2.45, 2.75) is 6.92 Å². The molecular weight excluding hydrogens is 311 g/mol. The Kier molecular flexibility index (Phi) is 3.77. The third-order valence-corrected chi connectivity index (χ3v) is 4.52. The number of nitrogens with zero attached hydrogens (tertiary/aromatic N) is 2. The lowest BCUT2D eigenvalue weighted by Gasteiger charge is -2.08. The molecule has 0 saturated carbocycles. The monoisotopic (exact) mass is 329 g/mol. The summed E-state index contributed by atoms with van der Waals surface area (Å²) < 4.78 is 16.8. The van der Waals surface area contributed by atoms with Crippen molar-refractivity contribution in [3.63, 3.8) is 0 Å². The Labute approximate surface area is 146 Å². The Hall–Kier alpha value is -3.07. The van der Waals surface area contributed by atoms with Gasteiger partial charge in [-0.15, -0.1) is 0 Å². The molecule has 2 aromatic heterocycles. The van der Waals surface area contributed by atoms with Crippen molar-refractivity contribution in [1.29, 1.82) is 0 Å². The van der Waals surface area contributed by atoms with Crippen LogP contribution in [-0.2, 0) is 7.05 Å². The van der Waals surface area contributed by atoms with Crippen LogP contribution in [0.15, 0.2) is 73.1 Å². The Morgan fingerprint density at radius 2 is 1.68 bits per heavy atom.